The van der Waals surface area contributed by atoms with E-state index in [9.17, 15) is 4.79 Å². The Morgan fingerprint density at radius 2 is 2.37 bits per heavy atom. The van der Waals surface area contributed by atoms with Crippen molar-refractivity contribution in [3.8, 4) is 0 Å². The topological polar surface area (TPSA) is 68.0 Å². The SMILES string of the molecule is CCC(C)Cn1c(SCC(=O)O)nc2cnccc21. The van der Waals surface area contributed by atoms with Crippen LogP contribution in [0, 0.1) is 5.92 Å². The molecule has 0 aliphatic rings. The Kier molecular flexibility index (Phi) is 4.42. The first-order valence-electron chi connectivity index (χ1n) is 6.26. The maximum Gasteiger partial charge on any atom is 0.313 e. The Bertz CT molecular complexity index is 582. The molecular formula is C13H17N3O2S. The summed E-state index contributed by atoms with van der Waals surface area (Å²) in [5.74, 6) is -0.280. The van der Waals surface area contributed by atoms with Crippen LogP contribution in [0.1, 0.15) is 20.3 Å². The molecule has 2 heterocycles. The summed E-state index contributed by atoms with van der Waals surface area (Å²) >= 11 is 1.26. The van der Waals surface area contributed by atoms with Crippen molar-refractivity contribution in [2.24, 2.45) is 5.92 Å². The van der Waals surface area contributed by atoms with Crippen LogP contribution in [-0.2, 0) is 11.3 Å². The molecule has 6 heteroatoms. The number of carboxylic acids is 1. The summed E-state index contributed by atoms with van der Waals surface area (Å²) in [5, 5.41) is 9.55. The summed E-state index contributed by atoms with van der Waals surface area (Å²) in [6.07, 6.45) is 4.53. The van der Waals surface area contributed by atoms with Crippen molar-refractivity contribution < 1.29 is 9.90 Å². The van der Waals surface area contributed by atoms with Gasteiger partial charge in [-0.25, -0.2) is 4.98 Å². The van der Waals surface area contributed by atoms with Crippen molar-refractivity contribution in [3.05, 3.63) is 18.5 Å². The monoisotopic (exact) mass is 279 g/mol. The lowest BCUT2D eigenvalue weighted by Gasteiger charge is -2.12. The highest BCUT2D eigenvalue weighted by Gasteiger charge is 2.14. The Morgan fingerprint density at radius 3 is 3.05 bits per heavy atom. The molecule has 5 nitrogen and oxygen atoms in total. The van der Waals surface area contributed by atoms with Gasteiger partial charge in [-0.1, -0.05) is 32.0 Å². The van der Waals surface area contributed by atoms with E-state index >= 15 is 0 Å². The molecule has 0 saturated heterocycles. The minimum Gasteiger partial charge on any atom is -0.481 e. The molecule has 2 rings (SSSR count). The highest BCUT2D eigenvalue weighted by molar-refractivity contribution is 7.99. The predicted octanol–water partition coefficient (Wildman–Crippen LogP) is 2.65. The van der Waals surface area contributed by atoms with E-state index in [1.807, 2.05) is 6.07 Å². The van der Waals surface area contributed by atoms with Crippen LogP contribution >= 0.6 is 11.8 Å². The summed E-state index contributed by atoms with van der Waals surface area (Å²) in [6.45, 7) is 5.17. The summed E-state index contributed by atoms with van der Waals surface area (Å²) in [7, 11) is 0. The first-order valence-corrected chi connectivity index (χ1v) is 7.25. The van der Waals surface area contributed by atoms with Crippen LogP contribution in [0.5, 0.6) is 0 Å². The van der Waals surface area contributed by atoms with E-state index in [4.69, 9.17) is 5.11 Å². The molecule has 0 aromatic carbocycles. The number of thioether (sulfide) groups is 1. The van der Waals surface area contributed by atoms with Gasteiger partial charge in [0.2, 0.25) is 0 Å². The van der Waals surface area contributed by atoms with E-state index in [-0.39, 0.29) is 5.75 Å². The van der Waals surface area contributed by atoms with Gasteiger partial charge >= 0.3 is 5.97 Å². The lowest BCUT2D eigenvalue weighted by atomic mass is 10.1. The summed E-state index contributed by atoms with van der Waals surface area (Å²) in [4.78, 5) is 19.2. The number of carbonyl (C=O) groups is 1. The number of hydrogen-bond donors (Lipinski definition) is 1. The fraction of sp³-hybridized carbons (Fsp3) is 0.462. The molecular weight excluding hydrogens is 262 g/mol. The number of pyridine rings is 1. The average molecular weight is 279 g/mol. The predicted molar refractivity (Wildman–Crippen MR) is 75.3 cm³/mol. The number of hydrogen-bond acceptors (Lipinski definition) is 4. The standard InChI is InChI=1S/C13H17N3O2S/c1-3-9(2)7-16-11-4-5-14-6-10(11)15-13(16)19-8-12(17)18/h4-6,9H,3,7-8H2,1-2H3,(H,17,18). The molecule has 0 amide bonds. The van der Waals surface area contributed by atoms with E-state index in [1.165, 1.54) is 11.8 Å². The third kappa shape index (κ3) is 3.26. The first-order chi connectivity index (χ1) is 9.11. The van der Waals surface area contributed by atoms with Crippen LogP contribution in [0.2, 0.25) is 0 Å². The van der Waals surface area contributed by atoms with E-state index in [2.05, 4.69) is 28.4 Å². The van der Waals surface area contributed by atoms with Gasteiger partial charge in [-0.2, -0.15) is 0 Å². The Hall–Kier alpha value is -1.56. The van der Waals surface area contributed by atoms with Crippen LogP contribution in [0.3, 0.4) is 0 Å². The summed E-state index contributed by atoms with van der Waals surface area (Å²) in [6, 6.07) is 1.93. The lowest BCUT2D eigenvalue weighted by Crippen LogP contribution is -2.09. The summed E-state index contributed by atoms with van der Waals surface area (Å²) in [5.41, 5.74) is 1.84. The number of aliphatic carboxylic acids is 1. The second kappa shape index (κ2) is 6.06. The van der Waals surface area contributed by atoms with Crippen molar-refractivity contribution in [2.75, 3.05) is 5.75 Å². The second-order valence-electron chi connectivity index (χ2n) is 4.57. The third-order valence-electron chi connectivity index (χ3n) is 3.03. The quantitative estimate of drug-likeness (QED) is 0.823. The molecule has 0 bridgehead atoms. The van der Waals surface area contributed by atoms with E-state index in [1.54, 1.807) is 12.4 Å². The van der Waals surface area contributed by atoms with Crippen molar-refractivity contribution >= 4 is 28.8 Å². The maximum atomic E-state index is 10.7. The number of rotatable bonds is 6. The third-order valence-corrected chi connectivity index (χ3v) is 3.99. The lowest BCUT2D eigenvalue weighted by molar-refractivity contribution is -0.133. The number of aromatic nitrogens is 3. The van der Waals surface area contributed by atoms with Crippen LogP contribution < -0.4 is 0 Å². The molecule has 2 aromatic heterocycles. The van der Waals surface area contributed by atoms with Gasteiger partial charge < -0.3 is 9.67 Å². The van der Waals surface area contributed by atoms with Crippen LogP contribution in [0.25, 0.3) is 11.0 Å². The molecule has 1 unspecified atom stereocenters. The molecule has 19 heavy (non-hydrogen) atoms. The number of imidazole rings is 1. The smallest absolute Gasteiger partial charge is 0.313 e. The molecule has 0 fully saturated rings. The fourth-order valence-electron chi connectivity index (χ4n) is 1.81. The normalized spacial score (nSPS) is 12.7. The number of nitrogens with zero attached hydrogens (tertiary/aromatic N) is 3. The molecule has 0 aliphatic carbocycles. The van der Waals surface area contributed by atoms with Crippen molar-refractivity contribution in [2.45, 2.75) is 32.0 Å². The van der Waals surface area contributed by atoms with Crippen molar-refractivity contribution in [1.82, 2.24) is 14.5 Å². The summed E-state index contributed by atoms with van der Waals surface area (Å²) < 4.78 is 2.10. The zero-order valence-electron chi connectivity index (χ0n) is 11.0. The van der Waals surface area contributed by atoms with Gasteiger partial charge in [-0.3, -0.25) is 9.78 Å². The minimum absolute atomic E-state index is 0.0251. The van der Waals surface area contributed by atoms with E-state index < -0.39 is 5.97 Å². The molecule has 0 saturated carbocycles. The van der Waals surface area contributed by atoms with Crippen LogP contribution in [-0.4, -0.2) is 31.4 Å². The van der Waals surface area contributed by atoms with Crippen LogP contribution in [0.15, 0.2) is 23.6 Å². The highest BCUT2D eigenvalue weighted by Crippen LogP contribution is 2.25. The fourth-order valence-corrected chi connectivity index (χ4v) is 2.56. The van der Waals surface area contributed by atoms with Crippen molar-refractivity contribution in [1.29, 1.82) is 0 Å². The minimum atomic E-state index is -0.828. The van der Waals surface area contributed by atoms with Crippen LogP contribution in [0.4, 0.5) is 0 Å². The Morgan fingerprint density at radius 1 is 1.58 bits per heavy atom. The van der Waals surface area contributed by atoms with Gasteiger partial charge in [-0.15, -0.1) is 0 Å². The number of carboxylic acid groups (broad SMARTS) is 1. The van der Waals surface area contributed by atoms with E-state index in [0.29, 0.717) is 5.92 Å². The first kappa shape index (κ1) is 13.9. The zero-order chi connectivity index (χ0) is 13.8. The van der Waals surface area contributed by atoms with Gasteiger partial charge in [0.05, 0.1) is 17.5 Å². The molecule has 1 N–H and O–H groups in total. The van der Waals surface area contributed by atoms with Gasteiger partial charge in [-0.05, 0) is 12.0 Å². The van der Waals surface area contributed by atoms with E-state index in [0.717, 1.165) is 29.2 Å². The number of fused-ring (bicyclic) bond motifs is 1. The van der Waals surface area contributed by atoms with Crippen molar-refractivity contribution in [3.63, 3.8) is 0 Å². The highest BCUT2D eigenvalue weighted by atomic mass is 32.2. The van der Waals surface area contributed by atoms with Gasteiger partial charge in [0.15, 0.2) is 5.16 Å². The van der Waals surface area contributed by atoms with Gasteiger partial charge in [0.25, 0.3) is 0 Å². The largest absolute Gasteiger partial charge is 0.481 e. The molecule has 0 spiro atoms. The molecule has 1 atom stereocenters. The second-order valence-corrected chi connectivity index (χ2v) is 5.51. The van der Waals surface area contributed by atoms with Gasteiger partial charge in [0.1, 0.15) is 5.52 Å². The molecule has 0 radical (unpaired) electrons. The maximum absolute atomic E-state index is 10.7. The average Bonchev–Trinajstić information content (AvgIpc) is 2.74. The molecule has 102 valence electrons. The van der Waals surface area contributed by atoms with Gasteiger partial charge in [0, 0.05) is 12.7 Å². The Balaban J connectivity index is 2.36. The molecule has 2 aromatic rings. The zero-order valence-corrected chi connectivity index (χ0v) is 11.9. The molecule has 0 aliphatic heterocycles. The Labute approximate surface area is 116 Å².